The van der Waals surface area contributed by atoms with Crippen LogP contribution in [0.5, 0.6) is 0 Å². The summed E-state index contributed by atoms with van der Waals surface area (Å²) < 4.78 is 53.4. The third-order valence-corrected chi connectivity index (χ3v) is 5.44. The van der Waals surface area contributed by atoms with Crippen molar-refractivity contribution in [2.75, 3.05) is 23.3 Å². The minimum absolute atomic E-state index is 0.0757. The second-order valence-corrected chi connectivity index (χ2v) is 7.48. The first-order chi connectivity index (χ1) is 14.3. The number of fused-ring (bicyclic) bond motifs is 1. The second-order valence-electron chi connectivity index (χ2n) is 7.48. The lowest BCUT2D eigenvalue weighted by molar-refractivity contribution is -0.137. The van der Waals surface area contributed by atoms with E-state index >= 15 is 0 Å². The molecule has 4 nitrogen and oxygen atoms in total. The highest BCUT2D eigenvalue weighted by atomic mass is 19.4. The van der Waals surface area contributed by atoms with Gasteiger partial charge in [-0.1, -0.05) is 6.07 Å². The Morgan fingerprint density at radius 1 is 1.07 bits per heavy atom. The number of carbonyl (C=O) groups excluding carboxylic acids is 1. The molecule has 1 atom stereocenters. The van der Waals surface area contributed by atoms with Gasteiger partial charge in [0.25, 0.3) is 5.91 Å². The Hall–Kier alpha value is -2.87. The minimum atomic E-state index is -4.46. The third-order valence-electron chi connectivity index (χ3n) is 5.44. The van der Waals surface area contributed by atoms with Crippen molar-refractivity contribution in [3.05, 3.63) is 65.6 Å². The SMILES string of the molecule is O=C1Nc2cc(F)ccc2/C1=C\N(c1cccc(C(F)(F)F)c1)C1CCCNCC1. The summed E-state index contributed by atoms with van der Waals surface area (Å²) in [4.78, 5) is 14.3. The quantitative estimate of drug-likeness (QED) is 0.556. The van der Waals surface area contributed by atoms with Crippen molar-refractivity contribution in [3.63, 3.8) is 0 Å². The van der Waals surface area contributed by atoms with Crippen molar-refractivity contribution in [3.8, 4) is 0 Å². The molecule has 0 aromatic heterocycles. The van der Waals surface area contributed by atoms with Crippen molar-refractivity contribution in [2.24, 2.45) is 0 Å². The van der Waals surface area contributed by atoms with E-state index in [1.54, 1.807) is 17.2 Å². The molecule has 2 aliphatic rings. The van der Waals surface area contributed by atoms with Crippen molar-refractivity contribution in [1.82, 2.24) is 5.32 Å². The number of benzene rings is 2. The first-order valence-electron chi connectivity index (χ1n) is 9.82. The maximum Gasteiger partial charge on any atom is 0.416 e. The fraction of sp³-hybridized carbons (Fsp3) is 0.318. The van der Waals surface area contributed by atoms with E-state index in [1.165, 1.54) is 24.3 Å². The highest BCUT2D eigenvalue weighted by Crippen LogP contribution is 2.36. The summed E-state index contributed by atoms with van der Waals surface area (Å²) in [5.74, 6) is -0.876. The first-order valence-corrected chi connectivity index (χ1v) is 9.82. The average Bonchev–Trinajstić information content (AvgIpc) is 2.87. The van der Waals surface area contributed by atoms with Crippen molar-refractivity contribution >= 4 is 22.9 Å². The maximum atomic E-state index is 13.5. The average molecular weight is 419 g/mol. The molecule has 0 radical (unpaired) electrons. The van der Waals surface area contributed by atoms with Gasteiger partial charge in [0, 0.05) is 23.5 Å². The summed E-state index contributed by atoms with van der Waals surface area (Å²) in [5, 5.41) is 5.92. The van der Waals surface area contributed by atoms with Gasteiger partial charge < -0.3 is 15.5 Å². The summed E-state index contributed by atoms with van der Waals surface area (Å²) in [5.41, 5.74) is 0.823. The number of nitrogens with zero attached hydrogens (tertiary/aromatic N) is 1. The summed E-state index contributed by atoms with van der Waals surface area (Å²) in [6.45, 7) is 1.57. The fourth-order valence-electron chi connectivity index (χ4n) is 3.95. The molecule has 30 heavy (non-hydrogen) atoms. The number of rotatable bonds is 3. The number of hydrogen-bond acceptors (Lipinski definition) is 3. The Balaban J connectivity index is 1.79. The summed E-state index contributed by atoms with van der Waals surface area (Å²) in [7, 11) is 0. The smallest absolute Gasteiger partial charge is 0.344 e. The van der Waals surface area contributed by atoms with Crippen LogP contribution in [0.1, 0.15) is 30.4 Å². The molecule has 1 fully saturated rings. The van der Waals surface area contributed by atoms with E-state index in [1.807, 2.05) is 0 Å². The Kier molecular flexibility index (Phi) is 5.51. The lowest BCUT2D eigenvalue weighted by atomic mass is 10.0. The molecule has 2 aromatic carbocycles. The molecule has 158 valence electrons. The van der Waals surface area contributed by atoms with E-state index in [0.717, 1.165) is 44.5 Å². The van der Waals surface area contributed by atoms with Crippen molar-refractivity contribution < 1.29 is 22.4 Å². The number of hydrogen-bond donors (Lipinski definition) is 2. The van der Waals surface area contributed by atoms with Gasteiger partial charge in [0.2, 0.25) is 0 Å². The zero-order valence-electron chi connectivity index (χ0n) is 16.1. The molecule has 0 bridgehead atoms. The molecule has 8 heteroatoms. The van der Waals surface area contributed by atoms with E-state index in [2.05, 4.69) is 10.6 Å². The number of carbonyl (C=O) groups is 1. The van der Waals surface area contributed by atoms with E-state index < -0.39 is 23.5 Å². The van der Waals surface area contributed by atoms with Crippen molar-refractivity contribution in [1.29, 1.82) is 0 Å². The largest absolute Gasteiger partial charge is 0.416 e. The molecule has 4 rings (SSSR count). The molecular formula is C22H21F4N3O. The van der Waals surface area contributed by atoms with Crippen LogP contribution in [-0.2, 0) is 11.0 Å². The Morgan fingerprint density at radius 3 is 2.70 bits per heavy atom. The molecule has 2 N–H and O–H groups in total. The van der Waals surface area contributed by atoms with Crippen LogP contribution in [0.15, 0.2) is 48.7 Å². The lowest BCUT2D eigenvalue weighted by Crippen LogP contribution is -2.32. The topological polar surface area (TPSA) is 44.4 Å². The van der Waals surface area contributed by atoms with Crippen LogP contribution in [-0.4, -0.2) is 25.0 Å². The van der Waals surface area contributed by atoms with Crippen LogP contribution in [0.4, 0.5) is 28.9 Å². The zero-order chi connectivity index (χ0) is 21.3. The predicted octanol–water partition coefficient (Wildman–Crippen LogP) is 4.79. The van der Waals surface area contributed by atoms with Crippen molar-refractivity contribution in [2.45, 2.75) is 31.5 Å². The van der Waals surface area contributed by atoms with Crippen LogP contribution >= 0.6 is 0 Å². The highest BCUT2D eigenvalue weighted by molar-refractivity contribution is 6.31. The summed E-state index contributed by atoms with van der Waals surface area (Å²) in [6, 6.07) is 9.05. The maximum absolute atomic E-state index is 13.5. The number of anilines is 2. The third kappa shape index (κ3) is 4.18. The van der Waals surface area contributed by atoms with E-state index in [4.69, 9.17) is 0 Å². The molecule has 1 saturated heterocycles. The van der Waals surface area contributed by atoms with Crippen LogP contribution < -0.4 is 15.5 Å². The van der Waals surface area contributed by atoms with Crippen LogP contribution in [0.2, 0.25) is 0 Å². The molecule has 2 aliphatic heterocycles. The van der Waals surface area contributed by atoms with Gasteiger partial charge in [0.05, 0.1) is 16.8 Å². The van der Waals surface area contributed by atoms with Crippen LogP contribution in [0, 0.1) is 5.82 Å². The molecule has 0 saturated carbocycles. The Morgan fingerprint density at radius 2 is 1.90 bits per heavy atom. The second kappa shape index (κ2) is 8.10. The standard InChI is InChI=1S/C22H21F4N3O/c23-15-6-7-18-19(21(30)28-20(18)12-15)13-29(16-5-2-9-27-10-8-16)17-4-1-3-14(11-17)22(24,25)26/h1,3-4,6-7,11-13,16,27H,2,5,8-10H2,(H,28,30)/b19-13+. The van der Waals surface area contributed by atoms with E-state index in [-0.39, 0.29) is 6.04 Å². The summed E-state index contributed by atoms with van der Waals surface area (Å²) >= 11 is 0. The number of alkyl halides is 3. The minimum Gasteiger partial charge on any atom is -0.344 e. The number of amides is 1. The van der Waals surface area contributed by atoms with Gasteiger partial charge in [-0.3, -0.25) is 4.79 Å². The van der Waals surface area contributed by atoms with Gasteiger partial charge in [0.1, 0.15) is 5.82 Å². The molecule has 0 spiro atoms. The zero-order valence-corrected chi connectivity index (χ0v) is 16.1. The number of halogens is 4. The van der Waals surface area contributed by atoms with E-state index in [9.17, 15) is 22.4 Å². The molecule has 1 amide bonds. The normalized spacial score (nSPS) is 20.6. The molecule has 0 aliphatic carbocycles. The van der Waals surface area contributed by atoms with E-state index in [0.29, 0.717) is 22.5 Å². The van der Waals surface area contributed by atoms with Gasteiger partial charge in [-0.05, 0) is 68.8 Å². The Labute approximate surface area is 171 Å². The summed E-state index contributed by atoms with van der Waals surface area (Å²) in [6.07, 6.45) is -0.501. The van der Waals surface area contributed by atoms with Gasteiger partial charge in [-0.2, -0.15) is 13.2 Å². The highest BCUT2D eigenvalue weighted by Gasteiger charge is 2.32. The predicted molar refractivity (Wildman–Crippen MR) is 107 cm³/mol. The van der Waals surface area contributed by atoms with Gasteiger partial charge in [0.15, 0.2) is 0 Å². The van der Waals surface area contributed by atoms with Crippen LogP contribution in [0.25, 0.3) is 5.57 Å². The fourth-order valence-corrected chi connectivity index (χ4v) is 3.95. The molecule has 2 heterocycles. The first kappa shape index (κ1) is 20.4. The Bertz CT molecular complexity index is 979. The number of nitrogens with one attached hydrogen (secondary N) is 2. The van der Waals surface area contributed by atoms with Gasteiger partial charge in [-0.15, -0.1) is 0 Å². The van der Waals surface area contributed by atoms with Crippen LogP contribution in [0.3, 0.4) is 0 Å². The molecular weight excluding hydrogens is 398 g/mol. The lowest BCUT2D eigenvalue weighted by Gasteiger charge is -2.31. The monoisotopic (exact) mass is 419 g/mol. The molecule has 2 aromatic rings. The van der Waals surface area contributed by atoms with Gasteiger partial charge in [-0.25, -0.2) is 4.39 Å². The molecule has 1 unspecified atom stereocenters. The van der Waals surface area contributed by atoms with Gasteiger partial charge >= 0.3 is 6.18 Å².